The Morgan fingerprint density at radius 2 is 2.07 bits per heavy atom. The average Bonchev–Trinajstić information content (AvgIpc) is 2.16. The van der Waals surface area contributed by atoms with Gasteiger partial charge in [-0.3, -0.25) is 4.79 Å². The number of hydrogen-bond donors (Lipinski definition) is 1. The summed E-state index contributed by atoms with van der Waals surface area (Å²) in [5.41, 5.74) is 5.65. The first-order chi connectivity index (χ1) is 6.65. The molecule has 0 aliphatic heterocycles. The van der Waals surface area contributed by atoms with E-state index in [-0.39, 0.29) is 18.0 Å². The highest BCUT2D eigenvalue weighted by atomic mass is 16.5. The Morgan fingerprint density at radius 1 is 1.43 bits per heavy atom. The summed E-state index contributed by atoms with van der Waals surface area (Å²) in [5, 5.41) is 0. The lowest BCUT2D eigenvalue weighted by Crippen LogP contribution is -2.34. The van der Waals surface area contributed by atoms with Gasteiger partial charge >= 0.3 is 5.97 Å². The van der Waals surface area contributed by atoms with Gasteiger partial charge in [0.25, 0.3) is 0 Å². The number of carbonyl (C=O) groups excluding carboxylic acids is 1. The molecule has 3 nitrogen and oxygen atoms in total. The van der Waals surface area contributed by atoms with Gasteiger partial charge in [0.05, 0.1) is 12.0 Å². The summed E-state index contributed by atoms with van der Waals surface area (Å²) in [6.45, 7) is 4.38. The Hall–Kier alpha value is -0.570. The fourth-order valence-electron chi connectivity index (χ4n) is 2.12. The highest BCUT2D eigenvalue weighted by Gasteiger charge is 2.31. The van der Waals surface area contributed by atoms with Crippen molar-refractivity contribution in [3.8, 4) is 0 Å². The van der Waals surface area contributed by atoms with Crippen LogP contribution >= 0.6 is 0 Å². The van der Waals surface area contributed by atoms with Crippen LogP contribution in [0.5, 0.6) is 0 Å². The highest BCUT2D eigenvalue weighted by Crippen LogP contribution is 2.30. The van der Waals surface area contributed by atoms with E-state index in [1.54, 1.807) is 0 Å². The highest BCUT2D eigenvalue weighted by molar-refractivity contribution is 5.73. The molecule has 1 saturated carbocycles. The first-order valence-corrected chi connectivity index (χ1v) is 5.55. The minimum atomic E-state index is -0.0462. The molecule has 0 aromatic heterocycles. The van der Waals surface area contributed by atoms with E-state index < -0.39 is 0 Å². The lowest BCUT2D eigenvalue weighted by atomic mass is 9.79. The van der Waals surface area contributed by atoms with Gasteiger partial charge in [0, 0.05) is 0 Å². The first kappa shape index (κ1) is 11.5. The van der Waals surface area contributed by atoms with Crippen LogP contribution in [-0.4, -0.2) is 18.6 Å². The van der Waals surface area contributed by atoms with Crippen LogP contribution in [0, 0.1) is 11.8 Å². The van der Waals surface area contributed by atoms with Crippen LogP contribution in [-0.2, 0) is 9.53 Å². The summed E-state index contributed by atoms with van der Waals surface area (Å²) in [5.74, 6) is 0.348. The van der Waals surface area contributed by atoms with E-state index in [0.717, 1.165) is 19.3 Å². The van der Waals surface area contributed by atoms with E-state index in [1.807, 2.05) is 13.8 Å². The van der Waals surface area contributed by atoms with Crippen LogP contribution in [0.2, 0.25) is 0 Å². The summed E-state index contributed by atoms with van der Waals surface area (Å²) >= 11 is 0. The van der Waals surface area contributed by atoms with Gasteiger partial charge in [0.15, 0.2) is 0 Å². The minimum Gasteiger partial charge on any atom is -0.463 e. The zero-order valence-electron chi connectivity index (χ0n) is 9.16. The van der Waals surface area contributed by atoms with Crippen molar-refractivity contribution < 1.29 is 9.53 Å². The average molecular weight is 199 g/mol. The van der Waals surface area contributed by atoms with Crippen LogP contribution in [0.25, 0.3) is 0 Å². The molecule has 2 atom stereocenters. The van der Waals surface area contributed by atoms with Crippen LogP contribution in [0.1, 0.15) is 39.5 Å². The summed E-state index contributed by atoms with van der Waals surface area (Å²) in [6, 6.07) is 0. The zero-order valence-corrected chi connectivity index (χ0v) is 9.16. The molecule has 0 bridgehead atoms. The van der Waals surface area contributed by atoms with Gasteiger partial charge < -0.3 is 10.5 Å². The molecule has 0 aromatic carbocycles. The summed E-state index contributed by atoms with van der Waals surface area (Å²) in [6.07, 6.45) is 4.35. The molecular weight excluding hydrogens is 178 g/mol. The molecule has 1 aliphatic carbocycles. The second-order valence-corrected chi connectivity index (χ2v) is 4.37. The van der Waals surface area contributed by atoms with Gasteiger partial charge in [-0.05, 0) is 39.2 Å². The maximum Gasteiger partial charge on any atom is 0.309 e. The second kappa shape index (κ2) is 5.35. The van der Waals surface area contributed by atoms with Crippen LogP contribution in [0.4, 0.5) is 0 Å². The monoisotopic (exact) mass is 199 g/mol. The lowest BCUT2D eigenvalue weighted by molar-refractivity contribution is -0.155. The van der Waals surface area contributed by atoms with Crippen molar-refractivity contribution in [2.24, 2.45) is 17.6 Å². The van der Waals surface area contributed by atoms with Crippen molar-refractivity contribution in [3.63, 3.8) is 0 Å². The lowest BCUT2D eigenvalue weighted by Gasteiger charge is -2.29. The Bertz CT molecular complexity index is 192. The molecule has 2 unspecified atom stereocenters. The fourth-order valence-corrected chi connectivity index (χ4v) is 2.12. The number of esters is 1. The van der Waals surface area contributed by atoms with Crippen LogP contribution in [0.3, 0.4) is 0 Å². The van der Waals surface area contributed by atoms with Gasteiger partial charge in [-0.15, -0.1) is 0 Å². The normalized spacial score (nSPS) is 27.7. The van der Waals surface area contributed by atoms with Gasteiger partial charge in [-0.1, -0.05) is 12.8 Å². The zero-order chi connectivity index (χ0) is 10.6. The van der Waals surface area contributed by atoms with Gasteiger partial charge in [-0.2, -0.15) is 0 Å². The molecule has 2 N–H and O–H groups in total. The van der Waals surface area contributed by atoms with Crippen molar-refractivity contribution in [3.05, 3.63) is 0 Å². The van der Waals surface area contributed by atoms with E-state index in [2.05, 4.69) is 0 Å². The molecule has 1 aliphatic rings. The van der Waals surface area contributed by atoms with E-state index in [4.69, 9.17) is 10.5 Å². The molecule has 0 heterocycles. The van der Waals surface area contributed by atoms with Gasteiger partial charge in [0.1, 0.15) is 0 Å². The van der Waals surface area contributed by atoms with Crippen molar-refractivity contribution >= 4 is 5.97 Å². The number of carbonyl (C=O) groups is 1. The van der Waals surface area contributed by atoms with Crippen LogP contribution in [0.15, 0.2) is 0 Å². The predicted molar refractivity (Wildman–Crippen MR) is 55.7 cm³/mol. The summed E-state index contributed by atoms with van der Waals surface area (Å²) in [7, 11) is 0. The standard InChI is InChI=1S/C11H21NO2/c1-8(2)14-11(13)10-6-4-3-5-9(10)7-12/h8-10H,3-7,12H2,1-2H3. The molecule has 1 fully saturated rings. The molecule has 0 spiro atoms. The molecule has 3 heteroatoms. The maximum absolute atomic E-state index is 11.7. The van der Waals surface area contributed by atoms with E-state index >= 15 is 0 Å². The molecule has 1 rings (SSSR count). The third kappa shape index (κ3) is 2.98. The molecule has 0 radical (unpaired) electrons. The Morgan fingerprint density at radius 3 is 2.64 bits per heavy atom. The number of ether oxygens (including phenoxy) is 1. The molecule has 14 heavy (non-hydrogen) atoms. The largest absolute Gasteiger partial charge is 0.463 e. The topological polar surface area (TPSA) is 52.3 Å². The Kier molecular flexibility index (Phi) is 4.39. The Labute approximate surface area is 86.0 Å². The Balaban J connectivity index is 2.50. The summed E-state index contributed by atoms with van der Waals surface area (Å²) < 4.78 is 5.23. The molecule has 0 aromatic rings. The van der Waals surface area contributed by atoms with E-state index in [9.17, 15) is 4.79 Å². The van der Waals surface area contributed by atoms with E-state index in [1.165, 1.54) is 6.42 Å². The van der Waals surface area contributed by atoms with Crippen LogP contribution < -0.4 is 5.73 Å². The van der Waals surface area contributed by atoms with Gasteiger partial charge in [-0.25, -0.2) is 0 Å². The van der Waals surface area contributed by atoms with Crippen molar-refractivity contribution in [2.75, 3.05) is 6.54 Å². The minimum absolute atomic E-state index is 0.0112. The summed E-state index contributed by atoms with van der Waals surface area (Å²) in [4.78, 5) is 11.7. The van der Waals surface area contributed by atoms with Crippen molar-refractivity contribution in [1.82, 2.24) is 0 Å². The van der Waals surface area contributed by atoms with Gasteiger partial charge in [0.2, 0.25) is 0 Å². The molecule has 0 saturated heterocycles. The molecule has 0 amide bonds. The second-order valence-electron chi connectivity index (χ2n) is 4.37. The number of hydrogen-bond acceptors (Lipinski definition) is 3. The maximum atomic E-state index is 11.7. The predicted octanol–water partition coefficient (Wildman–Crippen LogP) is 1.70. The smallest absolute Gasteiger partial charge is 0.309 e. The van der Waals surface area contributed by atoms with Crippen molar-refractivity contribution in [1.29, 1.82) is 0 Å². The van der Waals surface area contributed by atoms with Crippen molar-refractivity contribution in [2.45, 2.75) is 45.6 Å². The fraction of sp³-hybridized carbons (Fsp3) is 0.909. The van der Waals surface area contributed by atoms with E-state index in [0.29, 0.717) is 12.5 Å². The third-order valence-corrected chi connectivity index (χ3v) is 2.87. The SMILES string of the molecule is CC(C)OC(=O)C1CCCCC1CN. The number of rotatable bonds is 3. The molecule has 82 valence electrons. The third-order valence-electron chi connectivity index (χ3n) is 2.87. The number of nitrogens with two attached hydrogens (primary N) is 1. The quantitative estimate of drug-likeness (QED) is 0.704. The molecular formula is C11H21NO2. The first-order valence-electron chi connectivity index (χ1n) is 5.55.